The molecule has 1 heterocycles. The average Bonchev–Trinajstić information content (AvgIpc) is 2.82. The molecule has 1 N–H and O–H groups in total. The van der Waals surface area contributed by atoms with Gasteiger partial charge < -0.3 is 4.74 Å². The average molecular weight is 495 g/mol. The molecule has 0 aliphatic rings. The maximum absolute atomic E-state index is 13.0. The SMILES string of the molecule is O=S(=O)(Nc1ccc(Oc2ccc3ccccc3c2Cl)c(Cl)c1)c1cccc2cccnc12. The van der Waals surface area contributed by atoms with Gasteiger partial charge in [0, 0.05) is 17.0 Å². The van der Waals surface area contributed by atoms with Crippen molar-refractivity contribution in [1.29, 1.82) is 0 Å². The van der Waals surface area contributed by atoms with Gasteiger partial charge in [0.25, 0.3) is 10.0 Å². The fourth-order valence-electron chi connectivity index (χ4n) is 3.56. The van der Waals surface area contributed by atoms with E-state index in [4.69, 9.17) is 27.9 Å². The standard InChI is InChI=1S/C25H16Cl2N2O3S/c26-20-15-18(29-33(30,31)23-9-3-6-17-7-4-14-28-25(17)23)11-13-21(20)32-22-12-10-16-5-1-2-8-19(16)24(22)27/h1-15,29H. The van der Waals surface area contributed by atoms with Crippen LogP contribution in [0.2, 0.25) is 10.0 Å². The number of fused-ring (bicyclic) bond motifs is 2. The molecule has 0 aliphatic heterocycles. The normalized spacial score (nSPS) is 11.6. The molecule has 0 spiro atoms. The number of benzene rings is 4. The van der Waals surface area contributed by atoms with E-state index in [2.05, 4.69) is 9.71 Å². The topological polar surface area (TPSA) is 68.3 Å². The molecule has 33 heavy (non-hydrogen) atoms. The number of rotatable bonds is 5. The Morgan fingerprint density at radius 3 is 2.39 bits per heavy atom. The Balaban J connectivity index is 1.43. The zero-order chi connectivity index (χ0) is 23.0. The molecule has 4 aromatic carbocycles. The van der Waals surface area contributed by atoms with Crippen LogP contribution >= 0.6 is 23.2 Å². The first-order valence-corrected chi connectivity index (χ1v) is 12.2. The summed E-state index contributed by atoms with van der Waals surface area (Å²) in [6, 6.07) is 24.6. The van der Waals surface area contributed by atoms with Gasteiger partial charge in [0.2, 0.25) is 0 Å². The molecule has 0 aliphatic carbocycles. The lowest BCUT2D eigenvalue weighted by Gasteiger charge is -2.13. The minimum absolute atomic E-state index is 0.0833. The summed E-state index contributed by atoms with van der Waals surface area (Å²) in [4.78, 5) is 4.30. The van der Waals surface area contributed by atoms with Crippen LogP contribution in [0.3, 0.4) is 0 Å². The number of hydrogen-bond donors (Lipinski definition) is 1. The third kappa shape index (κ3) is 4.20. The Morgan fingerprint density at radius 1 is 0.788 bits per heavy atom. The van der Waals surface area contributed by atoms with Gasteiger partial charge in [0.15, 0.2) is 0 Å². The summed E-state index contributed by atoms with van der Waals surface area (Å²) >= 11 is 12.9. The van der Waals surface area contributed by atoms with E-state index in [9.17, 15) is 8.42 Å². The van der Waals surface area contributed by atoms with Crippen LogP contribution in [0.5, 0.6) is 11.5 Å². The van der Waals surface area contributed by atoms with Crippen molar-refractivity contribution in [3.8, 4) is 11.5 Å². The van der Waals surface area contributed by atoms with E-state index < -0.39 is 10.0 Å². The number of para-hydroxylation sites is 1. The predicted molar refractivity (Wildman–Crippen MR) is 133 cm³/mol. The molecule has 5 nitrogen and oxygen atoms in total. The van der Waals surface area contributed by atoms with E-state index in [1.165, 1.54) is 12.1 Å². The molecule has 0 radical (unpaired) electrons. The van der Waals surface area contributed by atoms with Gasteiger partial charge in [-0.2, -0.15) is 0 Å². The second-order valence-corrected chi connectivity index (χ2v) is 9.72. The largest absolute Gasteiger partial charge is 0.454 e. The van der Waals surface area contributed by atoms with Gasteiger partial charge in [-0.15, -0.1) is 0 Å². The Kier molecular flexibility index (Phi) is 5.58. The molecule has 0 bridgehead atoms. The zero-order valence-electron chi connectivity index (χ0n) is 17.0. The summed E-state index contributed by atoms with van der Waals surface area (Å²) in [5, 5.41) is 3.29. The van der Waals surface area contributed by atoms with Gasteiger partial charge in [-0.3, -0.25) is 9.71 Å². The van der Waals surface area contributed by atoms with Crippen molar-refractivity contribution in [1.82, 2.24) is 4.98 Å². The van der Waals surface area contributed by atoms with Crippen molar-refractivity contribution >= 4 is 60.6 Å². The Hall–Kier alpha value is -3.32. The first-order chi connectivity index (χ1) is 15.9. The predicted octanol–water partition coefficient (Wildman–Crippen LogP) is 7.29. The van der Waals surface area contributed by atoms with Gasteiger partial charge in [-0.1, -0.05) is 71.7 Å². The number of sulfonamides is 1. The van der Waals surface area contributed by atoms with Crippen molar-refractivity contribution in [3.63, 3.8) is 0 Å². The van der Waals surface area contributed by atoms with Gasteiger partial charge in [0.1, 0.15) is 16.4 Å². The highest BCUT2D eigenvalue weighted by Crippen LogP contribution is 2.38. The van der Waals surface area contributed by atoms with Crippen molar-refractivity contribution in [2.24, 2.45) is 0 Å². The summed E-state index contributed by atoms with van der Waals surface area (Å²) in [5.74, 6) is 0.802. The summed E-state index contributed by atoms with van der Waals surface area (Å²) in [7, 11) is -3.89. The van der Waals surface area contributed by atoms with Crippen LogP contribution in [0, 0.1) is 0 Å². The third-order valence-corrected chi connectivity index (χ3v) is 7.22. The first-order valence-electron chi connectivity index (χ1n) is 9.94. The van der Waals surface area contributed by atoms with Crippen LogP contribution in [0.4, 0.5) is 5.69 Å². The van der Waals surface area contributed by atoms with E-state index in [0.717, 1.165) is 16.2 Å². The lowest BCUT2D eigenvalue weighted by atomic mass is 10.1. The smallest absolute Gasteiger partial charge is 0.264 e. The molecule has 164 valence electrons. The van der Waals surface area contributed by atoms with Crippen LogP contribution in [0.15, 0.2) is 96.0 Å². The Labute approximate surface area is 200 Å². The monoisotopic (exact) mass is 494 g/mol. The van der Waals surface area contributed by atoms with Crippen LogP contribution in [-0.2, 0) is 10.0 Å². The fourth-order valence-corrected chi connectivity index (χ4v) is 5.28. The Bertz CT molecular complexity index is 1620. The molecule has 8 heteroatoms. The Morgan fingerprint density at radius 2 is 1.55 bits per heavy atom. The highest BCUT2D eigenvalue weighted by molar-refractivity contribution is 7.93. The number of anilines is 1. The molecule has 0 atom stereocenters. The van der Waals surface area contributed by atoms with Crippen LogP contribution in [0.1, 0.15) is 0 Å². The first kappa shape index (κ1) is 21.5. The molecule has 5 aromatic rings. The maximum Gasteiger partial charge on any atom is 0.264 e. The highest BCUT2D eigenvalue weighted by atomic mass is 35.5. The van der Waals surface area contributed by atoms with E-state index >= 15 is 0 Å². The molecule has 0 amide bonds. The quantitative estimate of drug-likeness (QED) is 0.278. The molecule has 0 fully saturated rings. The van der Waals surface area contributed by atoms with Crippen molar-refractivity contribution in [2.45, 2.75) is 4.90 Å². The van der Waals surface area contributed by atoms with Crippen LogP contribution in [0.25, 0.3) is 21.7 Å². The number of ether oxygens (including phenoxy) is 1. The van der Waals surface area contributed by atoms with Crippen molar-refractivity contribution in [3.05, 3.63) is 101 Å². The second-order valence-electron chi connectivity index (χ2n) is 7.28. The number of aromatic nitrogens is 1. The number of halogens is 2. The van der Waals surface area contributed by atoms with Crippen LogP contribution < -0.4 is 9.46 Å². The van der Waals surface area contributed by atoms with Gasteiger partial charge in [0.05, 0.1) is 21.2 Å². The fraction of sp³-hybridized carbons (Fsp3) is 0. The van der Waals surface area contributed by atoms with E-state index in [1.54, 1.807) is 36.5 Å². The highest BCUT2D eigenvalue weighted by Gasteiger charge is 2.19. The zero-order valence-corrected chi connectivity index (χ0v) is 19.3. The minimum Gasteiger partial charge on any atom is -0.454 e. The number of hydrogen-bond acceptors (Lipinski definition) is 4. The summed E-state index contributed by atoms with van der Waals surface area (Å²) in [5.41, 5.74) is 0.689. The summed E-state index contributed by atoms with van der Waals surface area (Å²) in [6.07, 6.45) is 1.56. The van der Waals surface area contributed by atoms with E-state index in [0.29, 0.717) is 27.7 Å². The van der Waals surface area contributed by atoms with E-state index in [-0.39, 0.29) is 9.92 Å². The van der Waals surface area contributed by atoms with Gasteiger partial charge in [-0.05, 0) is 41.8 Å². The number of pyridine rings is 1. The molecular weight excluding hydrogens is 479 g/mol. The molecule has 0 saturated heterocycles. The van der Waals surface area contributed by atoms with Gasteiger partial charge >= 0.3 is 0 Å². The van der Waals surface area contributed by atoms with Crippen LogP contribution in [-0.4, -0.2) is 13.4 Å². The number of nitrogens with one attached hydrogen (secondary N) is 1. The molecule has 1 aromatic heterocycles. The van der Waals surface area contributed by atoms with Crippen molar-refractivity contribution < 1.29 is 13.2 Å². The summed E-state index contributed by atoms with van der Waals surface area (Å²) in [6.45, 7) is 0. The molecular formula is C25H16Cl2N2O3S. The van der Waals surface area contributed by atoms with Crippen molar-refractivity contribution in [2.75, 3.05) is 4.72 Å². The number of nitrogens with zero attached hydrogens (tertiary/aromatic N) is 1. The third-order valence-electron chi connectivity index (χ3n) is 5.12. The summed E-state index contributed by atoms with van der Waals surface area (Å²) < 4.78 is 34.5. The van der Waals surface area contributed by atoms with Gasteiger partial charge in [-0.25, -0.2) is 8.42 Å². The maximum atomic E-state index is 13.0. The molecule has 0 saturated carbocycles. The lowest BCUT2D eigenvalue weighted by Crippen LogP contribution is -2.13. The van der Waals surface area contributed by atoms with E-state index in [1.807, 2.05) is 42.5 Å². The molecule has 5 rings (SSSR count). The lowest BCUT2D eigenvalue weighted by molar-refractivity contribution is 0.484. The minimum atomic E-state index is -3.89. The second kappa shape index (κ2) is 8.56. The molecule has 0 unspecified atom stereocenters.